The predicted molar refractivity (Wildman–Crippen MR) is 247 cm³/mol. The number of rotatable bonds is 45. The van der Waals surface area contributed by atoms with Gasteiger partial charge in [0.15, 0.2) is 6.10 Å². The molecule has 0 amide bonds. The third-order valence-corrected chi connectivity index (χ3v) is 11.3. The summed E-state index contributed by atoms with van der Waals surface area (Å²) in [4.78, 5) is 34.8. The second-order valence-electron chi connectivity index (χ2n) is 16.0. The largest absolute Gasteiger partial charge is 0.472 e. The zero-order valence-corrected chi connectivity index (χ0v) is 38.9. The van der Waals surface area contributed by atoms with E-state index in [-0.39, 0.29) is 26.2 Å². The first-order chi connectivity index (χ1) is 28.8. The molecule has 0 radical (unpaired) electrons. The first-order valence-corrected chi connectivity index (χ1v) is 25.7. The quantitative estimate of drug-likeness (QED) is 0.0153. The van der Waals surface area contributed by atoms with Crippen molar-refractivity contribution < 1.29 is 37.6 Å². The van der Waals surface area contributed by atoms with Crippen molar-refractivity contribution >= 4 is 19.8 Å². The molecule has 0 saturated heterocycles. The van der Waals surface area contributed by atoms with Gasteiger partial charge in [0, 0.05) is 19.0 Å². The lowest BCUT2D eigenvalue weighted by atomic mass is 10.0. The number of esters is 2. The molecular formula is C49H90NO8P. The molecule has 1 unspecified atom stereocenters. The van der Waals surface area contributed by atoms with Crippen LogP contribution in [-0.4, -0.2) is 49.3 Å². The van der Waals surface area contributed by atoms with E-state index in [1.807, 2.05) is 12.2 Å². The molecule has 0 aliphatic carbocycles. The van der Waals surface area contributed by atoms with Gasteiger partial charge in [-0.3, -0.25) is 13.8 Å². The van der Waals surface area contributed by atoms with Crippen LogP contribution in [0.15, 0.2) is 48.6 Å². The monoisotopic (exact) mass is 852 g/mol. The Bertz CT molecular complexity index is 1110. The van der Waals surface area contributed by atoms with Crippen molar-refractivity contribution in [1.82, 2.24) is 0 Å². The molecule has 0 saturated carbocycles. The van der Waals surface area contributed by atoms with Crippen molar-refractivity contribution in [2.24, 2.45) is 5.73 Å². The Hall–Kier alpha value is -2.03. The van der Waals surface area contributed by atoms with Crippen LogP contribution in [0.4, 0.5) is 0 Å². The lowest BCUT2D eigenvalue weighted by Crippen LogP contribution is -2.29. The van der Waals surface area contributed by atoms with Crippen LogP contribution in [0.2, 0.25) is 0 Å². The summed E-state index contributed by atoms with van der Waals surface area (Å²) < 4.78 is 32.6. The van der Waals surface area contributed by atoms with Crippen LogP contribution < -0.4 is 5.73 Å². The molecule has 0 aliphatic rings. The fourth-order valence-corrected chi connectivity index (χ4v) is 7.45. The molecule has 2 atom stereocenters. The standard InChI is InChI=1S/C49H90NO8P/c1-3-5-7-9-11-13-15-17-19-20-21-22-23-24-25-26-28-30-32-34-36-38-40-42-49(52)58-47(46-57-59(53,54)56-44-43-50)45-55-48(51)41-39-37-35-33-31-29-27-18-16-14-12-10-8-6-4-2/h26,28,34-37,39,41,47H,3-25,27,29-33,38,40,42-46,50H2,1-2H3,(H,53,54)/b28-26+,36-34+,37-35+,41-39+/t47-/m1/s1. The molecule has 344 valence electrons. The maximum absolute atomic E-state index is 12.6. The average molecular weight is 852 g/mol. The molecular weight excluding hydrogens is 762 g/mol. The zero-order chi connectivity index (χ0) is 43.2. The first kappa shape index (κ1) is 57.0. The molecule has 0 aromatic heterocycles. The van der Waals surface area contributed by atoms with Crippen molar-refractivity contribution in [2.75, 3.05) is 26.4 Å². The number of unbranched alkanes of at least 4 members (excludes halogenated alkanes) is 27. The van der Waals surface area contributed by atoms with Gasteiger partial charge in [-0.25, -0.2) is 9.36 Å². The zero-order valence-electron chi connectivity index (χ0n) is 38.0. The summed E-state index contributed by atoms with van der Waals surface area (Å²) in [6, 6.07) is 0. The van der Waals surface area contributed by atoms with Crippen LogP contribution in [0.3, 0.4) is 0 Å². The fourth-order valence-electron chi connectivity index (χ4n) is 6.69. The minimum Gasteiger partial charge on any atom is -0.458 e. The van der Waals surface area contributed by atoms with Gasteiger partial charge in [0.1, 0.15) is 6.61 Å². The number of allylic oxidation sites excluding steroid dienone is 7. The minimum atomic E-state index is -4.41. The van der Waals surface area contributed by atoms with Gasteiger partial charge in [-0.15, -0.1) is 0 Å². The SMILES string of the molecule is CCCCCCCCCCCCC/C=C/C=C/C(=O)OC[C@H](COP(=O)(O)OCCN)OC(=O)CCC/C=C/CC/C=C/CCCCCCCCCCCCCCCC. The maximum atomic E-state index is 12.6. The Morgan fingerprint density at radius 3 is 1.44 bits per heavy atom. The van der Waals surface area contributed by atoms with Gasteiger partial charge in [-0.2, -0.15) is 0 Å². The predicted octanol–water partition coefficient (Wildman–Crippen LogP) is 14.3. The van der Waals surface area contributed by atoms with Gasteiger partial charge in [0.25, 0.3) is 0 Å². The van der Waals surface area contributed by atoms with E-state index < -0.39 is 32.5 Å². The molecule has 0 bridgehead atoms. The molecule has 0 heterocycles. The third kappa shape index (κ3) is 45.3. The lowest BCUT2D eigenvalue weighted by Gasteiger charge is -2.19. The molecule has 3 N–H and O–H groups in total. The van der Waals surface area contributed by atoms with Gasteiger partial charge in [-0.05, 0) is 51.4 Å². The number of carbonyl (C=O) groups excluding carboxylic acids is 2. The van der Waals surface area contributed by atoms with E-state index in [2.05, 4.69) is 38.2 Å². The molecule has 0 aromatic carbocycles. The number of phosphoric ester groups is 1. The first-order valence-electron chi connectivity index (χ1n) is 24.2. The van der Waals surface area contributed by atoms with Crippen LogP contribution in [0.5, 0.6) is 0 Å². The molecule has 0 spiro atoms. The number of hydrogen-bond acceptors (Lipinski definition) is 8. The lowest BCUT2D eigenvalue weighted by molar-refractivity contribution is -0.159. The Kier molecular flexibility index (Phi) is 43.9. The Morgan fingerprint density at radius 1 is 0.542 bits per heavy atom. The van der Waals surface area contributed by atoms with Gasteiger partial charge < -0.3 is 20.1 Å². The van der Waals surface area contributed by atoms with Crippen LogP contribution in [0, 0.1) is 0 Å². The van der Waals surface area contributed by atoms with E-state index >= 15 is 0 Å². The topological polar surface area (TPSA) is 134 Å². The van der Waals surface area contributed by atoms with E-state index in [9.17, 15) is 19.0 Å². The fraction of sp³-hybridized carbons (Fsp3) is 0.796. The van der Waals surface area contributed by atoms with E-state index in [1.54, 1.807) is 6.08 Å². The highest BCUT2D eigenvalue weighted by atomic mass is 31.2. The number of phosphoric acid groups is 1. The van der Waals surface area contributed by atoms with Crippen molar-refractivity contribution in [1.29, 1.82) is 0 Å². The third-order valence-electron chi connectivity index (χ3n) is 10.3. The van der Waals surface area contributed by atoms with E-state index in [4.69, 9.17) is 24.3 Å². The summed E-state index contributed by atoms with van der Waals surface area (Å²) in [5.41, 5.74) is 5.35. The summed E-state index contributed by atoms with van der Waals surface area (Å²) in [5, 5.41) is 0. The molecule has 59 heavy (non-hydrogen) atoms. The molecule has 0 aliphatic heterocycles. The van der Waals surface area contributed by atoms with E-state index in [0.29, 0.717) is 6.42 Å². The minimum absolute atomic E-state index is 0.0364. The number of nitrogens with two attached hydrogens (primary N) is 1. The highest BCUT2D eigenvalue weighted by Crippen LogP contribution is 2.43. The van der Waals surface area contributed by atoms with Crippen molar-refractivity contribution in [2.45, 2.75) is 225 Å². The number of ether oxygens (including phenoxy) is 2. The average Bonchev–Trinajstić information content (AvgIpc) is 3.22. The summed E-state index contributed by atoms with van der Waals surface area (Å²) >= 11 is 0. The van der Waals surface area contributed by atoms with Crippen molar-refractivity contribution in [3.8, 4) is 0 Å². The van der Waals surface area contributed by atoms with Gasteiger partial charge in [-0.1, -0.05) is 204 Å². The normalized spacial score (nSPS) is 13.6. The molecule has 0 rings (SSSR count). The van der Waals surface area contributed by atoms with Crippen LogP contribution in [-0.2, 0) is 32.7 Å². The second kappa shape index (κ2) is 45.5. The maximum Gasteiger partial charge on any atom is 0.472 e. The summed E-state index contributed by atoms with van der Waals surface area (Å²) in [6.07, 6.45) is 53.7. The number of carbonyl (C=O) groups is 2. The van der Waals surface area contributed by atoms with Crippen LogP contribution >= 0.6 is 7.82 Å². The molecule has 9 nitrogen and oxygen atoms in total. The highest BCUT2D eigenvalue weighted by molar-refractivity contribution is 7.47. The summed E-state index contributed by atoms with van der Waals surface area (Å²) in [5.74, 6) is -1.13. The molecule has 0 fully saturated rings. The molecule has 0 aromatic rings. The Morgan fingerprint density at radius 2 is 0.966 bits per heavy atom. The van der Waals surface area contributed by atoms with Gasteiger partial charge in [0.2, 0.25) is 0 Å². The van der Waals surface area contributed by atoms with Crippen LogP contribution in [0.1, 0.15) is 219 Å². The van der Waals surface area contributed by atoms with Crippen molar-refractivity contribution in [3.05, 3.63) is 48.6 Å². The molecule has 10 heteroatoms. The van der Waals surface area contributed by atoms with E-state index in [0.717, 1.165) is 38.5 Å². The van der Waals surface area contributed by atoms with E-state index in [1.165, 1.54) is 160 Å². The Balaban J connectivity index is 4.19. The summed E-state index contributed by atoms with van der Waals surface area (Å²) in [7, 11) is -4.41. The van der Waals surface area contributed by atoms with Crippen molar-refractivity contribution in [3.63, 3.8) is 0 Å². The smallest absolute Gasteiger partial charge is 0.458 e. The van der Waals surface area contributed by atoms with Crippen LogP contribution in [0.25, 0.3) is 0 Å². The van der Waals surface area contributed by atoms with Gasteiger partial charge >= 0.3 is 19.8 Å². The Labute approximate surface area is 362 Å². The number of hydrogen-bond donors (Lipinski definition) is 2. The highest BCUT2D eigenvalue weighted by Gasteiger charge is 2.25. The van der Waals surface area contributed by atoms with Gasteiger partial charge in [0.05, 0.1) is 13.2 Å². The second-order valence-corrected chi connectivity index (χ2v) is 17.5. The summed E-state index contributed by atoms with van der Waals surface area (Å²) in [6.45, 7) is 3.58.